The number of aliphatic hydroxyl groups is 2. The van der Waals surface area contributed by atoms with Crippen molar-refractivity contribution in [3.05, 3.63) is 261 Å². The monoisotopic (exact) mass is 1090 g/mol. The first-order valence-corrected chi connectivity index (χ1v) is 26.7. The predicted molar refractivity (Wildman–Crippen MR) is 319 cm³/mol. The van der Waals surface area contributed by atoms with Gasteiger partial charge >= 0.3 is 11.9 Å². The van der Waals surface area contributed by atoms with Crippen LogP contribution in [0.15, 0.2) is 194 Å². The first-order chi connectivity index (χ1) is 39.6. The Morgan fingerprint density at radius 2 is 0.561 bits per heavy atom. The van der Waals surface area contributed by atoms with E-state index in [0.717, 1.165) is 45.0 Å². The molecule has 6 N–H and O–H groups in total. The van der Waals surface area contributed by atoms with Crippen molar-refractivity contribution in [3.63, 3.8) is 0 Å². The van der Waals surface area contributed by atoms with Crippen molar-refractivity contribution in [3.8, 4) is 0 Å². The van der Waals surface area contributed by atoms with E-state index < -0.39 is 11.9 Å². The molecule has 0 aliphatic heterocycles. The summed E-state index contributed by atoms with van der Waals surface area (Å²) in [5, 5.41) is 31.3. The highest BCUT2D eigenvalue weighted by atomic mass is 16.5. The van der Waals surface area contributed by atoms with E-state index in [1.165, 1.54) is 0 Å². The van der Waals surface area contributed by atoms with E-state index in [1.54, 1.807) is 86.6 Å². The third-order valence-corrected chi connectivity index (χ3v) is 13.8. The summed E-state index contributed by atoms with van der Waals surface area (Å²) in [5.74, 6) is -1.59. The van der Waals surface area contributed by atoms with Gasteiger partial charge in [0.25, 0.3) is 0 Å². The molecular formula is C68H60N4O10. The van der Waals surface area contributed by atoms with Gasteiger partial charge in [0.1, 0.15) is 0 Å². The van der Waals surface area contributed by atoms with Crippen molar-refractivity contribution in [1.82, 2.24) is 0 Å². The fourth-order valence-electron chi connectivity index (χ4n) is 9.33. The molecule has 0 bridgehead atoms. The van der Waals surface area contributed by atoms with E-state index >= 15 is 0 Å². The van der Waals surface area contributed by atoms with Crippen LogP contribution in [0, 0.1) is 0 Å². The van der Waals surface area contributed by atoms with Gasteiger partial charge in [-0.3, -0.25) is 19.2 Å². The van der Waals surface area contributed by atoms with E-state index in [4.69, 9.17) is 19.7 Å². The van der Waals surface area contributed by atoms with Crippen molar-refractivity contribution in [2.24, 2.45) is 0 Å². The maximum absolute atomic E-state index is 13.6. The first kappa shape index (κ1) is 56.7. The Balaban J connectivity index is 0.000000203. The Morgan fingerprint density at radius 3 is 0.793 bits per heavy atom. The van der Waals surface area contributed by atoms with E-state index in [-0.39, 0.29) is 49.6 Å². The molecule has 14 heteroatoms. The summed E-state index contributed by atoms with van der Waals surface area (Å²) in [6.45, 7) is 11.1. The molecule has 14 nitrogen and oxygen atoms in total. The summed E-state index contributed by atoms with van der Waals surface area (Å²) in [7, 11) is 0. The zero-order chi connectivity index (χ0) is 57.9. The lowest BCUT2D eigenvalue weighted by atomic mass is 9.83. The Labute approximate surface area is 475 Å². The van der Waals surface area contributed by atoms with Crippen LogP contribution < -0.4 is 21.3 Å². The van der Waals surface area contributed by atoms with Crippen LogP contribution in [0.5, 0.6) is 0 Å². The van der Waals surface area contributed by atoms with Crippen molar-refractivity contribution >= 4 is 80.6 Å². The largest absolute Gasteiger partial charge is 0.462 e. The molecular weight excluding hydrogens is 1030 g/mol. The molecule has 412 valence electrons. The van der Waals surface area contributed by atoms with Crippen LogP contribution in [0.25, 0.3) is 0 Å². The summed E-state index contributed by atoms with van der Waals surface area (Å²) in [6, 6.07) is 51.5. The highest BCUT2D eigenvalue weighted by molar-refractivity contribution is 6.30. The minimum Gasteiger partial charge on any atom is -0.462 e. The van der Waals surface area contributed by atoms with Crippen molar-refractivity contribution < 1.29 is 48.5 Å². The van der Waals surface area contributed by atoms with Crippen LogP contribution >= 0.6 is 0 Å². The highest BCUT2D eigenvalue weighted by Gasteiger charge is 2.32. The lowest BCUT2D eigenvalue weighted by Gasteiger charge is -2.20. The Hall–Kier alpha value is -10.0. The van der Waals surface area contributed by atoms with Crippen LogP contribution in [0.4, 0.5) is 45.5 Å². The predicted octanol–water partition coefficient (Wildman–Crippen LogP) is 12.3. The van der Waals surface area contributed by atoms with E-state index in [0.29, 0.717) is 104 Å². The number of carbonyl (C=O) groups excluding carboxylic acids is 6. The number of aliphatic hydroxyl groups excluding tert-OH is 2. The summed E-state index contributed by atoms with van der Waals surface area (Å²) in [6.07, 6.45) is 2.35. The van der Waals surface area contributed by atoms with Gasteiger partial charge in [-0.2, -0.15) is 0 Å². The van der Waals surface area contributed by atoms with Gasteiger partial charge in [-0.1, -0.05) is 61.7 Å². The summed E-state index contributed by atoms with van der Waals surface area (Å²) >= 11 is 0. The second-order valence-corrected chi connectivity index (χ2v) is 19.9. The fraction of sp³-hybridized carbons (Fsp3) is 0.147. The molecule has 0 spiro atoms. The average molecular weight is 1090 g/mol. The lowest BCUT2D eigenvalue weighted by molar-refractivity contribution is -0.139. The molecule has 8 aromatic carbocycles. The number of hydrogen-bond donors (Lipinski definition) is 6. The smallest absolute Gasteiger partial charge is 0.333 e. The number of anilines is 8. The number of carbonyl (C=O) groups is 6. The van der Waals surface area contributed by atoms with Crippen LogP contribution in [0.3, 0.4) is 0 Å². The maximum atomic E-state index is 13.6. The van der Waals surface area contributed by atoms with Gasteiger partial charge in [-0.25, -0.2) is 9.59 Å². The van der Waals surface area contributed by atoms with E-state index in [9.17, 15) is 28.8 Å². The zero-order valence-electron chi connectivity index (χ0n) is 45.4. The van der Waals surface area contributed by atoms with Crippen LogP contribution in [0.2, 0.25) is 0 Å². The number of nitrogens with one attached hydrogen (secondary N) is 4. The van der Waals surface area contributed by atoms with Crippen LogP contribution in [-0.4, -0.2) is 71.7 Å². The minimum absolute atomic E-state index is 0.101. The third-order valence-electron chi connectivity index (χ3n) is 13.8. The SMILES string of the molecule is C=C(C)C(=O)OCCc1ccc(Nc2ccc3c(c2)C(=O)c2cc(Nc4ccc(CCOC(=O)C(=C)C)cc4)ccc2C3=O)cc1.O=C1c2ccc(Nc3ccc(CCO)cc3)cc2C(=O)c2cc(Nc3ccc(CCO)cc3)ccc21. The fourth-order valence-corrected chi connectivity index (χ4v) is 9.33. The molecule has 2 aliphatic carbocycles. The quantitative estimate of drug-likeness (QED) is 0.0310. The Morgan fingerprint density at radius 1 is 0.341 bits per heavy atom. The molecule has 82 heavy (non-hydrogen) atoms. The second-order valence-electron chi connectivity index (χ2n) is 19.9. The maximum Gasteiger partial charge on any atom is 0.333 e. The third kappa shape index (κ3) is 13.7. The van der Waals surface area contributed by atoms with Gasteiger partial charge in [-0.15, -0.1) is 0 Å². The molecule has 0 aromatic heterocycles. The van der Waals surface area contributed by atoms with Gasteiger partial charge in [0.2, 0.25) is 0 Å². The van der Waals surface area contributed by atoms with Gasteiger partial charge in [-0.05, 0) is 170 Å². The summed E-state index contributed by atoms with van der Waals surface area (Å²) < 4.78 is 10.3. The normalized spacial score (nSPS) is 11.9. The van der Waals surface area contributed by atoms with Gasteiger partial charge < -0.3 is 41.0 Å². The molecule has 0 saturated carbocycles. The Kier molecular flexibility index (Phi) is 17.9. The van der Waals surface area contributed by atoms with Crippen molar-refractivity contribution in [2.75, 3.05) is 47.7 Å². The number of fused-ring (bicyclic) bond motifs is 4. The standard InChI is InChI=1S/C38H34N2O6.C30H26N2O4/c1-23(2)37(43)45-19-17-25-5-9-27(10-6-25)39-29-13-15-31-33(21-29)36(42)34-22-30(14-16-32(34)35(31)41)40-28-11-7-26(8-12-28)18-20-46-38(44)24(3)4;33-15-13-19-1-5-21(6-2-19)31-23-9-11-25-27(17-23)30(36)28-18-24(10-12-26(28)29(25)35)32-22-7-3-20(4-8-22)14-16-34/h5-16,21-22,39-40H,1,3,17-20H2,2,4H3;1-12,17-18,31-34H,13-16H2. The number of rotatable bonds is 20. The summed E-state index contributed by atoms with van der Waals surface area (Å²) in [4.78, 5) is 76.7. The van der Waals surface area contributed by atoms with Crippen LogP contribution in [0.1, 0.15) is 99.8 Å². The topological polar surface area (TPSA) is 209 Å². The molecule has 0 fully saturated rings. The van der Waals surface area contributed by atoms with E-state index in [2.05, 4.69) is 34.4 Å². The first-order valence-electron chi connectivity index (χ1n) is 26.7. The van der Waals surface area contributed by atoms with Crippen molar-refractivity contribution in [1.29, 1.82) is 0 Å². The van der Waals surface area contributed by atoms with Gasteiger partial charge in [0.05, 0.1) is 13.2 Å². The van der Waals surface area contributed by atoms with Gasteiger partial charge in [0.15, 0.2) is 23.1 Å². The molecule has 0 unspecified atom stereocenters. The molecule has 2 aliphatic rings. The average Bonchev–Trinajstić information content (AvgIpc) is 3.42. The van der Waals surface area contributed by atoms with E-state index in [1.807, 2.05) is 97.1 Å². The molecule has 0 amide bonds. The second kappa shape index (κ2) is 25.8. The molecule has 8 aromatic rings. The lowest BCUT2D eigenvalue weighted by Crippen LogP contribution is -2.21. The number of esters is 2. The minimum atomic E-state index is -0.405. The number of benzene rings is 8. The Bertz CT molecular complexity index is 3530. The summed E-state index contributed by atoms with van der Waals surface area (Å²) in [5.41, 5.74) is 13.9. The number of hydrogen-bond acceptors (Lipinski definition) is 14. The number of ether oxygens (including phenoxy) is 2. The zero-order valence-corrected chi connectivity index (χ0v) is 45.4. The molecule has 0 atom stereocenters. The molecule has 0 heterocycles. The highest BCUT2D eigenvalue weighted by Crippen LogP contribution is 2.35. The van der Waals surface area contributed by atoms with Crippen LogP contribution in [-0.2, 0) is 44.7 Å². The van der Waals surface area contributed by atoms with Gasteiger partial charge in [0, 0.05) is 127 Å². The molecule has 10 rings (SSSR count). The molecule has 0 radical (unpaired) electrons. The van der Waals surface area contributed by atoms with Crippen molar-refractivity contribution in [2.45, 2.75) is 39.5 Å². The number of ketones is 4. The molecule has 0 saturated heterocycles.